The van der Waals surface area contributed by atoms with Gasteiger partial charge in [0.25, 0.3) is 0 Å². The van der Waals surface area contributed by atoms with Crippen molar-refractivity contribution in [2.75, 3.05) is 0 Å². The van der Waals surface area contributed by atoms with E-state index in [1.807, 2.05) is 53.2 Å². The molecule has 2 aromatic heterocycles. The minimum atomic E-state index is 0.635. The minimum absolute atomic E-state index is 0.635. The van der Waals surface area contributed by atoms with Crippen molar-refractivity contribution < 1.29 is 0 Å². The molecule has 4 nitrogen and oxygen atoms in total. The molecule has 0 bridgehead atoms. The van der Waals surface area contributed by atoms with Crippen molar-refractivity contribution in [1.82, 2.24) is 14.4 Å². The van der Waals surface area contributed by atoms with Gasteiger partial charge in [0.1, 0.15) is 0 Å². The third kappa shape index (κ3) is 2.51. The summed E-state index contributed by atoms with van der Waals surface area (Å²) in [5, 5.41) is 9.62. The van der Waals surface area contributed by atoms with Gasteiger partial charge in [-0.3, -0.25) is 9.38 Å². The van der Waals surface area contributed by atoms with Crippen LogP contribution in [0.25, 0.3) is 28.2 Å². The SMILES string of the molecule is N#Cc1ccc(-c2cnc3cnc(-c4ccc(Cl)cc4)cn23)cc1. The van der Waals surface area contributed by atoms with Crippen molar-refractivity contribution in [2.45, 2.75) is 0 Å². The van der Waals surface area contributed by atoms with Crippen LogP contribution in [0.2, 0.25) is 5.02 Å². The Morgan fingerprint density at radius 3 is 2.29 bits per heavy atom. The van der Waals surface area contributed by atoms with Gasteiger partial charge in [-0.1, -0.05) is 35.9 Å². The van der Waals surface area contributed by atoms with Gasteiger partial charge in [-0.05, 0) is 24.3 Å². The smallest absolute Gasteiger partial charge is 0.155 e. The van der Waals surface area contributed by atoms with Gasteiger partial charge in [0.2, 0.25) is 0 Å². The van der Waals surface area contributed by atoms with Gasteiger partial charge in [0.15, 0.2) is 5.65 Å². The molecule has 0 N–H and O–H groups in total. The van der Waals surface area contributed by atoms with E-state index in [4.69, 9.17) is 16.9 Å². The van der Waals surface area contributed by atoms with E-state index in [9.17, 15) is 0 Å². The zero-order valence-electron chi connectivity index (χ0n) is 12.5. The zero-order valence-corrected chi connectivity index (χ0v) is 13.3. The third-order valence-electron chi connectivity index (χ3n) is 3.85. The molecule has 0 fully saturated rings. The van der Waals surface area contributed by atoms with Gasteiger partial charge < -0.3 is 0 Å². The van der Waals surface area contributed by atoms with Gasteiger partial charge in [-0.15, -0.1) is 0 Å². The molecule has 0 saturated heterocycles. The number of nitrogens with zero attached hydrogens (tertiary/aromatic N) is 4. The minimum Gasteiger partial charge on any atom is -0.296 e. The molecule has 0 aliphatic rings. The molecule has 114 valence electrons. The molecule has 2 heterocycles. The van der Waals surface area contributed by atoms with Crippen LogP contribution in [0.15, 0.2) is 67.1 Å². The van der Waals surface area contributed by atoms with Crippen LogP contribution in [0.5, 0.6) is 0 Å². The van der Waals surface area contributed by atoms with Crippen LogP contribution < -0.4 is 0 Å². The van der Waals surface area contributed by atoms with Crippen molar-refractivity contribution in [3.8, 4) is 28.6 Å². The Bertz CT molecular complexity index is 1060. The lowest BCUT2D eigenvalue weighted by Crippen LogP contribution is -1.93. The average Bonchev–Trinajstić information content (AvgIpc) is 3.05. The topological polar surface area (TPSA) is 54.0 Å². The predicted octanol–water partition coefficient (Wildman–Crippen LogP) is 4.59. The third-order valence-corrected chi connectivity index (χ3v) is 4.10. The summed E-state index contributed by atoms with van der Waals surface area (Å²) in [4.78, 5) is 8.87. The van der Waals surface area contributed by atoms with Crippen molar-refractivity contribution in [1.29, 1.82) is 5.26 Å². The van der Waals surface area contributed by atoms with Gasteiger partial charge in [0.05, 0.1) is 35.4 Å². The van der Waals surface area contributed by atoms with E-state index in [0.717, 1.165) is 28.2 Å². The zero-order chi connectivity index (χ0) is 16.5. The predicted molar refractivity (Wildman–Crippen MR) is 93.6 cm³/mol. The Kier molecular flexibility index (Phi) is 3.49. The van der Waals surface area contributed by atoms with Crippen LogP contribution >= 0.6 is 11.6 Å². The first-order valence-electron chi connectivity index (χ1n) is 7.34. The van der Waals surface area contributed by atoms with E-state index in [-0.39, 0.29) is 0 Å². The Labute approximate surface area is 143 Å². The number of hydrogen-bond acceptors (Lipinski definition) is 3. The Morgan fingerprint density at radius 2 is 1.58 bits per heavy atom. The molecular weight excluding hydrogens is 320 g/mol. The molecule has 0 unspecified atom stereocenters. The summed E-state index contributed by atoms with van der Waals surface area (Å²) in [5.41, 5.74) is 5.18. The highest BCUT2D eigenvalue weighted by Crippen LogP contribution is 2.24. The van der Waals surface area contributed by atoms with E-state index in [1.54, 1.807) is 18.3 Å². The quantitative estimate of drug-likeness (QED) is 0.540. The van der Waals surface area contributed by atoms with Crippen molar-refractivity contribution >= 4 is 17.2 Å². The number of nitriles is 1. The molecule has 0 atom stereocenters. The summed E-state index contributed by atoms with van der Waals surface area (Å²) in [6, 6.07) is 17.1. The average molecular weight is 331 g/mol. The summed E-state index contributed by atoms with van der Waals surface area (Å²) >= 11 is 5.95. The van der Waals surface area contributed by atoms with E-state index in [1.165, 1.54) is 0 Å². The van der Waals surface area contributed by atoms with E-state index in [2.05, 4.69) is 16.0 Å². The second-order valence-corrected chi connectivity index (χ2v) is 5.78. The molecule has 0 radical (unpaired) electrons. The lowest BCUT2D eigenvalue weighted by Gasteiger charge is -2.05. The summed E-state index contributed by atoms with van der Waals surface area (Å²) in [7, 11) is 0. The molecule has 0 amide bonds. The molecule has 24 heavy (non-hydrogen) atoms. The van der Waals surface area contributed by atoms with Gasteiger partial charge in [-0.2, -0.15) is 5.26 Å². The Morgan fingerprint density at radius 1 is 0.875 bits per heavy atom. The fraction of sp³-hybridized carbons (Fsp3) is 0. The molecule has 0 spiro atoms. The summed E-state index contributed by atoms with van der Waals surface area (Å²) in [6.45, 7) is 0. The van der Waals surface area contributed by atoms with Crippen LogP contribution in [-0.4, -0.2) is 14.4 Å². The first-order chi connectivity index (χ1) is 11.7. The van der Waals surface area contributed by atoms with Gasteiger partial charge >= 0.3 is 0 Å². The summed E-state index contributed by atoms with van der Waals surface area (Å²) < 4.78 is 2.00. The first kappa shape index (κ1) is 14.4. The maximum atomic E-state index is 8.93. The number of fused-ring (bicyclic) bond motifs is 1. The van der Waals surface area contributed by atoms with Gasteiger partial charge in [0, 0.05) is 22.3 Å². The standard InChI is InChI=1S/C19H11ClN4/c20-16-7-5-14(6-8-16)17-12-24-18(10-23-19(24)11-22-17)15-3-1-13(9-21)2-4-15/h1-8,10-12H. The highest BCUT2D eigenvalue weighted by atomic mass is 35.5. The number of benzene rings is 2. The number of imidazole rings is 1. The molecule has 2 aromatic carbocycles. The Balaban J connectivity index is 1.83. The first-order valence-corrected chi connectivity index (χ1v) is 7.72. The number of rotatable bonds is 2. The maximum Gasteiger partial charge on any atom is 0.155 e. The van der Waals surface area contributed by atoms with Crippen molar-refractivity contribution in [3.05, 3.63) is 77.7 Å². The largest absolute Gasteiger partial charge is 0.296 e. The maximum absolute atomic E-state index is 8.93. The van der Waals surface area contributed by atoms with Crippen LogP contribution in [0.4, 0.5) is 0 Å². The molecule has 4 aromatic rings. The lowest BCUT2D eigenvalue weighted by atomic mass is 10.1. The molecule has 0 aliphatic heterocycles. The highest BCUT2D eigenvalue weighted by Gasteiger charge is 2.08. The number of halogens is 1. The monoisotopic (exact) mass is 330 g/mol. The van der Waals surface area contributed by atoms with Crippen LogP contribution in [0.3, 0.4) is 0 Å². The fourth-order valence-corrected chi connectivity index (χ4v) is 2.71. The molecular formula is C19H11ClN4. The molecule has 4 rings (SSSR count). The molecule has 0 saturated carbocycles. The second kappa shape index (κ2) is 5.80. The normalized spacial score (nSPS) is 10.7. The van der Waals surface area contributed by atoms with E-state index in [0.29, 0.717) is 10.6 Å². The van der Waals surface area contributed by atoms with Crippen molar-refractivity contribution in [2.24, 2.45) is 0 Å². The van der Waals surface area contributed by atoms with Crippen LogP contribution in [0, 0.1) is 11.3 Å². The van der Waals surface area contributed by atoms with Crippen molar-refractivity contribution in [3.63, 3.8) is 0 Å². The molecule has 0 aliphatic carbocycles. The summed E-state index contributed by atoms with van der Waals surface area (Å²) in [5.74, 6) is 0. The highest BCUT2D eigenvalue weighted by molar-refractivity contribution is 6.30. The fourth-order valence-electron chi connectivity index (χ4n) is 2.59. The second-order valence-electron chi connectivity index (χ2n) is 5.34. The summed E-state index contributed by atoms with van der Waals surface area (Å²) in [6.07, 6.45) is 5.51. The van der Waals surface area contributed by atoms with Crippen LogP contribution in [-0.2, 0) is 0 Å². The lowest BCUT2D eigenvalue weighted by molar-refractivity contribution is 1.13. The van der Waals surface area contributed by atoms with Crippen LogP contribution in [0.1, 0.15) is 5.56 Å². The number of hydrogen-bond donors (Lipinski definition) is 0. The molecule has 5 heteroatoms. The van der Waals surface area contributed by atoms with E-state index < -0.39 is 0 Å². The van der Waals surface area contributed by atoms with Gasteiger partial charge in [-0.25, -0.2) is 4.98 Å². The number of aromatic nitrogens is 3. The Hall–Kier alpha value is -3.16. The van der Waals surface area contributed by atoms with E-state index >= 15 is 0 Å².